The van der Waals surface area contributed by atoms with Crippen molar-refractivity contribution in [1.82, 2.24) is 4.90 Å². The number of aliphatic hydroxyl groups is 1. The van der Waals surface area contributed by atoms with Crippen LogP contribution in [-0.4, -0.2) is 40.6 Å². The Hall–Kier alpha value is -1.88. The first-order valence-corrected chi connectivity index (χ1v) is 11.0. The molecular weight excluding hydrogens is 366 g/mol. The fourth-order valence-corrected chi connectivity index (χ4v) is 5.21. The second-order valence-corrected chi connectivity index (χ2v) is 9.52. The van der Waals surface area contributed by atoms with Crippen molar-refractivity contribution >= 4 is 11.9 Å². The molecular formula is C24H35NO4. The Bertz CT molecular complexity index is 705. The molecule has 1 N–H and O–H groups in total. The van der Waals surface area contributed by atoms with Crippen molar-refractivity contribution in [1.29, 1.82) is 0 Å². The van der Waals surface area contributed by atoms with Crippen LogP contribution in [0.15, 0.2) is 30.3 Å². The van der Waals surface area contributed by atoms with E-state index in [2.05, 4.69) is 0 Å². The Morgan fingerprint density at radius 3 is 2.28 bits per heavy atom. The molecule has 2 fully saturated rings. The third-order valence-corrected chi connectivity index (χ3v) is 6.51. The normalized spacial score (nSPS) is 28.4. The smallest absolute Gasteiger partial charge is 0.329 e. The average Bonchev–Trinajstić information content (AvgIpc) is 3.02. The van der Waals surface area contributed by atoms with Crippen LogP contribution in [0.4, 0.5) is 0 Å². The van der Waals surface area contributed by atoms with E-state index in [1.807, 2.05) is 51.1 Å². The van der Waals surface area contributed by atoms with Crippen LogP contribution in [0, 0.1) is 17.3 Å². The zero-order valence-electron chi connectivity index (χ0n) is 18.1. The number of ether oxygens (including phenoxy) is 1. The van der Waals surface area contributed by atoms with Gasteiger partial charge in [0, 0.05) is 11.8 Å². The molecule has 1 aliphatic heterocycles. The molecule has 5 nitrogen and oxygen atoms in total. The van der Waals surface area contributed by atoms with Crippen molar-refractivity contribution in [3.8, 4) is 0 Å². The molecule has 0 spiro atoms. The van der Waals surface area contributed by atoms with Gasteiger partial charge in [0.2, 0.25) is 5.91 Å². The van der Waals surface area contributed by atoms with E-state index in [1.165, 1.54) is 0 Å². The first kappa shape index (κ1) is 21.8. The van der Waals surface area contributed by atoms with E-state index in [0.717, 1.165) is 37.7 Å². The number of esters is 1. The van der Waals surface area contributed by atoms with E-state index in [1.54, 1.807) is 11.8 Å². The summed E-state index contributed by atoms with van der Waals surface area (Å²) in [5.74, 6) is -0.909. The monoisotopic (exact) mass is 401 g/mol. The number of aliphatic hydroxyl groups excluding tert-OH is 1. The third-order valence-electron chi connectivity index (χ3n) is 6.51. The lowest BCUT2D eigenvalue weighted by atomic mass is 9.73. The molecule has 0 bridgehead atoms. The molecule has 1 aliphatic carbocycles. The van der Waals surface area contributed by atoms with Gasteiger partial charge in [0.1, 0.15) is 6.04 Å². The van der Waals surface area contributed by atoms with Crippen LogP contribution in [0.25, 0.3) is 0 Å². The Morgan fingerprint density at radius 1 is 1.10 bits per heavy atom. The molecule has 0 aromatic heterocycles. The average molecular weight is 402 g/mol. The van der Waals surface area contributed by atoms with Gasteiger partial charge < -0.3 is 14.7 Å². The van der Waals surface area contributed by atoms with Crippen molar-refractivity contribution < 1.29 is 19.4 Å². The summed E-state index contributed by atoms with van der Waals surface area (Å²) in [5, 5.41) is 11.4. The van der Waals surface area contributed by atoms with Gasteiger partial charge in [0.25, 0.3) is 0 Å². The first-order valence-electron chi connectivity index (χ1n) is 11.0. The minimum Gasteiger partial charge on any atom is -0.464 e. The summed E-state index contributed by atoms with van der Waals surface area (Å²) in [5.41, 5.74) is 0.496. The standard InChI is InChI=1S/C24H35NO4/c1-5-29-23(28)20-18(24(2,3)4)21(26)19(16-12-8-6-9-13-16)25(20)22(27)17-14-10-7-11-15-17/h6,8-9,12-13,17-21,26H,5,7,10-11,14-15H2,1-4H3/t18-,19+,20+,21+/m1/s1. The highest BCUT2D eigenvalue weighted by Crippen LogP contribution is 2.49. The maximum absolute atomic E-state index is 13.7. The van der Waals surface area contributed by atoms with Gasteiger partial charge in [-0.2, -0.15) is 0 Å². The van der Waals surface area contributed by atoms with E-state index < -0.39 is 30.1 Å². The molecule has 3 rings (SSSR count). The van der Waals surface area contributed by atoms with E-state index >= 15 is 0 Å². The van der Waals surface area contributed by atoms with Gasteiger partial charge in [0.15, 0.2) is 0 Å². The first-order chi connectivity index (χ1) is 13.8. The van der Waals surface area contributed by atoms with E-state index in [9.17, 15) is 14.7 Å². The van der Waals surface area contributed by atoms with Crippen LogP contribution in [0.1, 0.15) is 71.4 Å². The molecule has 1 amide bonds. The number of hydrogen-bond acceptors (Lipinski definition) is 4. The zero-order valence-corrected chi connectivity index (χ0v) is 18.1. The van der Waals surface area contributed by atoms with Crippen LogP contribution < -0.4 is 0 Å². The van der Waals surface area contributed by atoms with Gasteiger partial charge in [0.05, 0.1) is 18.8 Å². The number of likely N-dealkylation sites (tertiary alicyclic amines) is 1. The van der Waals surface area contributed by atoms with Gasteiger partial charge in [-0.3, -0.25) is 4.79 Å². The molecule has 29 heavy (non-hydrogen) atoms. The van der Waals surface area contributed by atoms with E-state index in [4.69, 9.17) is 4.74 Å². The molecule has 2 aliphatic rings. The predicted molar refractivity (Wildman–Crippen MR) is 112 cm³/mol. The number of amides is 1. The van der Waals surface area contributed by atoms with E-state index in [0.29, 0.717) is 0 Å². The van der Waals surface area contributed by atoms with Crippen LogP contribution >= 0.6 is 0 Å². The molecule has 1 aromatic rings. The van der Waals surface area contributed by atoms with Crippen molar-refractivity contribution in [2.24, 2.45) is 17.3 Å². The van der Waals surface area contributed by atoms with Crippen molar-refractivity contribution in [3.63, 3.8) is 0 Å². The largest absolute Gasteiger partial charge is 0.464 e. The second kappa shape index (κ2) is 8.86. The SMILES string of the molecule is CCOC(=O)[C@@H]1[C@@H](C(C)(C)C)[C@H](O)[C@H](c2ccccc2)N1C(=O)C1CCCCC1. The number of carbonyl (C=O) groups excluding carboxylic acids is 2. The minimum atomic E-state index is -0.834. The van der Waals surface area contributed by atoms with Crippen LogP contribution in [0.3, 0.4) is 0 Å². The van der Waals surface area contributed by atoms with E-state index in [-0.39, 0.29) is 23.8 Å². The lowest BCUT2D eigenvalue weighted by Crippen LogP contribution is -2.49. The van der Waals surface area contributed by atoms with Crippen molar-refractivity contribution in [2.75, 3.05) is 6.61 Å². The lowest BCUT2D eigenvalue weighted by Gasteiger charge is -2.36. The summed E-state index contributed by atoms with van der Waals surface area (Å²) in [6.07, 6.45) is 4.09. The topological polar surface area (TPSA) is 66.8 Å². The lowest BCUT2D eigenvalue weighted by molar-refractivity contribution is -0.158. The Kier molecular flexibility index (Phi) is 6.67. The zero-order chi connectivity index (χ0) is 21.2. The summed E-state index contributed by atoms with van der Waals surface area (Å²) in [6, 6.07) is 8.30. The molecule has 1 heterocycles. The minimum absolute atomic E-state index is 0.0117. The molecule has 0 unspecified atom stereocenters. The summed E-state index contributed by atoms with van der Waals surface area (Å²) in [6.45, 7) is 8.08. The number of carbonyl (C=O) groups is 2. The van der Waals surface area contributed by atoms with Crippen molar-refractivity contribution in [2.45, 2.75) is 78.0 Å². The summed E-state index contributed by atoms with van der Waals surface area (Å²) < 4.78 is 5.41. The van der Waals surface area contributed by atoms with Crippen LogP contribution in [0.2, 0.25) is 0 Å². The summed E-state index contributed by atoms with van der Waals surface area (Å²) in [4.78, 5) is 28.5. The third kappa shape index (κ3) is 4.35. The maximum Gasteiger partial charge on any atom is 0.329 e. The van der Waals surface area contributed by atoms with Gasteiger partial charge in [-0.1, -0.05) is 70.4 Å². The quantitative estimate of drug-likeness (QED) is 0.771. The van der Waals surface area contributed by atoms with Crippen LogP contribution in [-0.2, 0) is 14.3 Å². The highest BCUT2D eigenvalue weighted by atomic mass is 16.5. The molecule has 1 saturated heterocycles. The molecule has 5 heteroatoms. The molecule has 4 atom stereocenters. The van der Waals surface area contributed by atoms with Crippen molar-refractivity contribution in [3.05, 3.63) is 35.9 Å². The van der Waals surface area contributed by atoms with Gasteiger partial charge in [-0.25, -0.2) is 4.79 Å². The highest BCUT2D eigenvalue weighted by molar-refractivity contribution is 5.87. The van der Waals surface area contributed by atoms with Crippen LogP contribution in [0.5, 0.6) is 0 Å². The Balaban J connectivity index is 2.09. The number of hydrogen-bond donors (Lipinski definition) is 1. The summed E-state index contributed by atoms with van der Waals surface area (Å²) >= 11 is 0. The predicted octanol–water partition coefficient (Wildman–Crippen LogP) is 4.11. The number of benzene rings is 1. The number of rotatable bonds is 4. The molecule has 0 radical (unpaired) electrons. The van der Waals surface area contributed by atoms with Gasteiger partial charge >= 0.3 is 5.97 Å². The fourth-order valence-electron chi connectivity index (χ4n) is 5.21. The summed E-state index contributed by atoms with van der Waals surface area (Å²) in [7, 11) is 0. The second-order valence-electron chi connectivity index (χ2n) is 9.52. The highest BCUT2D eigenvalue weighted by Gasteiger charge is 2.58. The number of nitrogens with zero attached hydrogens (tertiary/aromatic N) is 1. The Morgan fingerprint density at radius 2 is 1.72 bits per heavy atom. The van der Waals surface area contributed by atoms with Gasteiger partial charge in [-0.15, -0.1) is 0 Å². The molecule has 160 valence electrons. The van der Waals surface area contributed by atoms with Gasteiger partial charge in [-0.05, 0) is 30.7 Å². The fraction of sp³-hybridized carbons (Fsp3) is 0.667. The molecule has 1 saturated carbocycles. The maximum atomic E-state index is 13.7. The molecule has 1 aromatic carbocycles. The Labute approximate surface area is 174 Å².